The molecule has 0 atom stereocenters. The van der Waals surface area contributed by atoms with Gasteiger partial charge in [0.2, 0.25) is 26.0 Å². The zero-order valence-electron chi connectivity index (χ0n) is 15.7. The van der Waals surface area contributed by atoms with Crippen molar-refractivity contribution < 1.29 is 16.8 Å². The number of sulfonamides is 2. The molecule has 2 aliphatic rings. The molecule has 11 heteroatoms. The van der Waals surface area contributed by atoms with Crippen molar-refractivity contribution in [3.8, 4) is 0 Å². The van der Waals surface area contributed by atoms with Gasteiger partial charge in [0.05, 0.1) is 9.79 Å². The van der Waals surface area contributed by atoms with E-state index >= 15 is 0 Å². The number of rotatable bonds is 7. The summed E-state index contributed by atoms with van der Waals surface area (Å²) in [5.41, 5.74) is 0. The van der Waals surface area contributed by atoms with Crippen LogP contribution >= 0.6 is 0 Å². The summed E-state index contributed by atoms with van der Waals surface area (Å²) < 4.78 is 55.1. The lowest BCUT2D eigenvalue weighted by Gasteiger charge is -2.32. The van der Waals surface area contributed by atoms with Crippen LogP contribution in [0.15, 0.2) is 52.5 Å². The molecule has 1 aromatic heterocycles. The van der Waals surface area contributed by atoms with Crippen molar-refractivity contribution in [2.24, 2.45) is 0 Å². The molecule has 1 saturated carbocycles. The van der Waals surface area contributed by atoms with Crippen molar-refractivity contribution in [1.82, 2.24) is 19.4 Å². The summed E-state index contributed by atoms with van der Waals surface area (Å²) in [4.78, 5) is 10.6. The van der Waals surface area contributed by atoms with Gasteiger partial charge in [0, 0.05) is 37.6 Å². The van der Waals surface area contributed by atoms with E-state index in [0.29, 0.717) is 31.9 Å². The fourth-order valence-corrected chi connectivity index (χ4v) is 5.84. The summed E-state index contributed by atoms with van der Waals surface area (Å²) in [6, 6.07) is 6.87. The minimum absolute atomic E-state index is 0.00257. The molecule has 0 radical (unpaired) electrons. The van der Waals surface area contributed by atoms with E-state index in [1.807, 2.05) is 4.90 Å². The molecular formula is C18H23N5O4S2. The molecule has 29 heavy (non-hydrogen) atoms. The highest BCUT2D eigenvalue weighted by Gasteiger charge is 2.29. The minimum Gasteiger partial charge on any atom is -0.341 e. The molecule has 0 bridgehead atoms. The van der Waals surface area contributed by atoms with Crippen molar-refractivity contribution in [3.05, 3.63) is 42.7 Å². The molecule has 0 unspecified atom stereocenters. The summed E-state index contributed by atoms with van der Waals surface area (Å²) in [5.74, 6) is 0.644. The number of piperidine rings is 1. The van der Waals surface area contributed by atoms with Crippen LogP contribution in [-0.4, -0.2) is 52.0 Å². The Morgan fingerprint density at radius 2 is 1.21 bits per heavy atom. The first kappa shape index (κ1) is 20.2. The fraction of sp³-hybridized carbons (Fsp3) is 0.444. The van der Waals surface area contributed by atoms with Gasteiger partial charge in [0.15, 0.2) is 0 Å². The highest BCUT2D eigenvalue weighted by Crippen LogP contribution is 2.23. The maximum atomic E-state index is 12.7. The number of anilines is 1. The molecule has 1 aliphatic carbocycles. The first-order valence-electron chi connectivity index (χ1n) is 9.50. The minimum atomic E-state index is -3.73. The molecule has 1 aromatic carbocycles. The highest BCUT2D eigenvalue weighted by molar-refractivity contribution is 7.90. The third kappa shape index (κ3) is 4.92. The van der Waals surface area contributed by atoms with Crippen molar-refractivity contribution in [1.29, 1.82) is 0 Å². The third-order valence-electron chi connectivity index (χ3n) is 5.00. The van der Waals surface area contributed by atoms with Crippen molar-refractivity contribution in [2.45, 2.75) is 47.6 Å². The number of aromatic nitrogens is 2. The van der Waals surface area contributed by atoms with Gasteiger partial charge in [-0.1, -0.05) is 0 Å². The largest absolute Gasteiger partial charge is 0.341 e. The Hall–Kier alpha value is -2.08. The predicted molar refractivity (Wildman–Crippen MR) is 107 cm³/mol. The molecule has 9 nitrogen and oxygen atoms in total. The second-order valence-electron chi connectivity index (χ2n) is 7.30. The molecule has 2 aromatic rings. The second kappa shape index (κ2) is 7.98. The zero-order chi connectivity index (χ0) is 20.5. The summed E-state index contributed by atoms with van der Waals surface area (Å²) in [7, 11) is -7.33. The van der Waals surface area contributed by atoms with Crippen LogP contribution in [0.4, 0.5) is 5.95 Å². The van der Waals surface area contributed by atoms with Crippen LogP contribution in [0.1, 0.15) is 25.7 Å². The molecular weight excluding hydrogens is 414 g/mol. The van der Waals surface area contributed by atoms with Crippen LogP contribution in [0.3, 0.4) is 0 Å². The first-order valence-corrected chi connectivity index (χ1v) is 12.5. The number of hydrogen-bond acceptors (Lipinski definition) is 7. The number of benzene rings is 1. The van der Waals surface area contributed by atoms with E-state index in [-0.39, 0.29) is 21.9 Å². The molecule has 4 rings (SSSR count). The van der Waals surface area contributed by atoms with E-state index in [1.165, 1.54) is 24.3 Å². The Kier molecular flexibility index (Phi) is 5.56. The monoisotopic (exact) mass is 437 g/mol. The zero-order valence-corrected chi connectivity index (χ0v) is 17.4. The Balaban J connectivity index is 1.37. The van der Waals surface area contributed by atoms with Crippen molar-refractivity contribution >= 4 is 26.0 Å². The average Bonchev–Trinajstić information content (AvgIpc) is 3.52. The van der Waals surface area contributed by atoms with Gasteiger partial charge >= 0.3 is 0 Å². The van der Waals surface area contributed by atoms with E-state index in [2.05, 4.69) is 19.4 Å². The standard InChI is InChI=1S/C18H23N5O4S2/c24-28(25,21-14-2-3-14)16-4-6-17(7-5-16)29(26,27)22-15-8-12-23(13-9-15)18-19-10-1-11-20-18/h1,4-7,10-11,14-15,21-22H,2-3,8-9,12-13H2. The average molecular weight is 438 g/mol. The quantitative estimate of drug-likeness (QED) is 0.659. The lowest BCUT2D eigenvalue weighted by Crippen LogP contribution is -2.45. The Labute approximate surface area is 170 Å². The van der Waals surface area contributed by atoms with Gasteiger partial charge < -0.3 is 4.90 Å². The fourth-order valence-electron chi connectivity index (χ4n) is 3.23. The van der Waals surface area contributed by atoms with E-state index in [4.69, 9.17) is 0 Å². The van der Waals surface area contributed by atoms with E-state index in [9.17, 15) is 16.8 Å². The van der Waals surface area contributed by atoms with Crippen molar-refractivity contribution in [3.63, 3.8) is 0 Å². The molecule has 156 valence electrons. The van der Waals surface area contributed by atoms with Crippen molar-refractivity contribution in [2.75, 3.05) is 18.0 Å². The molecule has 2 fully saturated rings. The van der Waals surface area contributed by atoms with Gasteiger partial charge in [0.25, 0.3) is 0 Å². The molecule has 0 amide bonds. The predicted octanol–water partition coefficient (Wildman–Crippen LogP) is 0.865. The van der Waals surface area contributed by atoms with E-state index < -0.39 is 20.0 Å². The second-order valence-corrected chi connectivity index (χ2v) is 10.7. The smallest absolute Gasteiger partial charge is 0.240 e. The highest BCUT2D eigenvalue weighted by atomic mass is 32.2. The molecule has 0 spiro atoms. The Morgan fingerprint density at radius 1 is 0.759 bits per heavy atom. The lowest BCUT2D eigenvalue weighted by molar-refractivity contribution is 0.456. The SMILES string of the molecule is O=S(=O)(NC1CC1)c1ccc(S(=O)(=O)NC2CCN(c3ncccn3)CC2)cc1. The third-order valence-corrected chi connectivity index (χ3v) is 8.07. The number of hydrogen-bond donors (Lipinski definition) is 2. The summed E-state index contributed by atoms with van der Waals surface area (Å²) in [6.45, 7) is 1.31. The van der Waals surface area contributed by atoms with E-state index in [0.717, 1.165) is 12.8 Å². The van der Waals surface area contributed by atoms with Gasteiger partial charge in [0.1, 0.15) is 0 Å². The summed E-state index contributed by atoms with van der Waals surface area (Å²) in [6.07, 6.45) is 6.31. The van der Waals surface area contributed by atoms with Crippen LogP contribution in [0.5, 0.6) is 0 Å². The summed E-state index contributed by atoms with van der Waals surface area (Å²) in [5, 5.41) is 0. The van der Waals surface area contributed by atoms with E-state index in [1.54, 1.807) is 18.5 Å². The summed E-state index contributed by atoms with van der Waals surface area (Å²) >= 11 is 0. The van der Waals surface area contributed by atoms with Gasteiger partial charge in [-0.25, -0.2) is 36.2 Å². The molecule has 2 heterocycles. The maximum Gasteiger partial charge on any atom is 0.240 e. The normalized spacial score (nSPS) is 18.7. The van der Waals surface area contributed by atoms with Crippen LogP contribution < -0.4 is 14.3 Å². The van der Waals surface area contributed by atoms with Gasteiger partial charge in [-0.3, -0.25) is 0 Å². The molecule has 1 aliphatic heterocycles. The number of nitrogens with one attached hydrogen (secondary N) is 2. The van der Waals surface area contributed by atoms with Gasteiger partial charge in [-0.2, -0.15) is 0 Å². The first-order chi connectivity index (χ1) is 13.8. The Morgan fingerprint density at radius 3 is 1.66 bits per heavy atom. The van der Waals surface area contributed by atoms with Crippen LogP contribution in [-0.2, 0) is 20.0 Å². The Bertz CT molecular complexity index is 1050. The van der Waals surface area contributed by atoms with Gasteiger partial charge in [-0.15, -0.1) is 0 Å². The molecule has 1 saturated heterocycles. The lowest BCUT2D eigenvalue weighted by atomic mass is 10.1. The van der Waals surface area contributed by atoms with Crippen LogP contribution in [0.25, 0.3) is 0 Å². The number of nitrogens with zero attached hydrogens (tertiary/aromatic N) is 3. The topological polar surface area (TPSA) is 121 Å². The molecule has 2 N–H and O–H groups in total. The maximum absolute atomic E-state index is 12.7. The van der Waals surface area contributed by atoms with Crippen LogP contribution in [0, 0.1) is 0 Å². The van der Waals surface area contributed by atoms with Crippen LogP contribution in [0.2, 0.25) is 0 Å². The van der Waals surface area contributed by atoms with Gasteiger partial charge in [-0.05, 0) is 56.0 Å².